The number of ether oxygens (including phenoxy) is 1. The van der Waals surface area contributed by atoms with Gasteiger partial charge in [0.05, 0.1) is 18.6 Å². The molecular formula is C13H16NO4-. The molecule has 2 saturated heterocycles. The van der Waals surface area contributed by atoms with E-state index in [1.807, 2.05) is 26.8 Å². The fourth-order valence-electron chi connectivity index (χ4n) is 3.34. The van der Waals surface area contributed by atoms with Gasteiger partial charge in [-0.3, -0.25) is 4.79 Å². The second-order valence-electron chi connectivity index (χ2n) is 6.31. The van der Waals surface area contributed by atoms with Crippen molar-refractivity contribution in [3.05, 3.63) is 12.2 Å². The minimum Gasteiger partial charge on any atom is -0.550 e. The van der Waals surface area contributed by atoms with E-state index >= 15 is 0 Å². The lowest BCUT2D eigenvalue weighted by Gasteiger charge is -2.33. The molecule has 5 heteroatoms. The van der Waals surface area contributed by atoms with Gasteiger partial charge in [-0.1, -0.05) is 12.2 Å². The third-order valence-electron chi connectivity index (χ3n) is 4.18. The fourth-order valence-corrected chi connectivity index (χ4v) is 3.34. The van der Waals surface area contributed by atoms with E-state index < -0.39 is 29.5 Å². The van der Waals surface area contributed by atoms with Crippen LogP contribution >= 0.6 is 0 Å². The van der Waals surface area contributed by atoms with Gasteiger partial charge in [0.1, 0.15) is 5.60 Å². The number of aliphatic carboxylic acids is 1. The Kier molecular flexibility index (Phi) is 2.05. The lowest BCUT2D eigenvalue weighted by atomic mass is 9.77. The number of carbonyl (C=O) groups is 2. The molecule has 18 heavy (non-hydrogen) atoms. The molecule has 0 N–H and O–H groups in total. The van der Waals surface area contributed by atoms with Crippen LogP contribution in [0.2, 0.25) is 0 Å². The van der Waals surface area contributed by atoms with Gasteiger partial charge in [0.2, 0.25) is 5.91 Å². The molecule has 0 unspecified atom stereocenters. The van der Waals surface area contributed by atoms with Crippen LogP contribution in [-0.2, 0) is 14.3 Å². The van der Waals surface area contributed by atoms with E-state index in [9.17, 15) is 14.7 Å². The molecule has 98 valence electrons. The maximum Gasteiger partial charge on any atom is 0.230 e. The summed E-state index contributed by atoms with van der Waals surface area (Å²) in [6.45, 7) is 6.24. The minimum absolute atomic E-state index is 0.136. The van der Waals surface area contributed by atoms with E-state index in [1.54, 1.807) is 11.0 Å². The second kappa shape index (κ2) is 3.15. The van der Waals surface area contributed by atoms with Crippen LogP contribution < -0.4 is 5.11 Å². The Balaban J connectivity index is 2.02. The van der Waals surface area contributed by atoms with Crippen LogP contribution in [0.3, 0.4) is 0 Å². The topological polar surface area (TPSA) is 69.7 Å². The first-order chi connectivity index (χ1) is 8.26. The Morgan fingerprint density at radius 3 is 2.78 bits per heavy atom. The number of carboxylic acid groups (broad SMARTS) is 1. The van der Waals surface area contributed by atoms with Crippen molar-refractivity contribution in [3.63, 3.8) is 0 Å². The monoisotopic (exact) mass is 250 g/mol. The average Bonchev–Trinajstić information content (AvgIpc) is 2.85. The molecule has 2 bridgehead atoms. The molecule has 3 rings (SSSR count). The summed E-state index contributed by atoms with van der Waals surface area (Å²) in [5, 5.41) is 11.2. The number of rotatable bonds is 1. The third-order valence-corrected chi connectivity index (χ3v) is 4.18. The van der Waals surface area contributed by atoms with Gasteiger partial charge >= 0.3 is 0 Å². The number of carboxylic acids is 1. The molecule has 3 aliphatic heterocycles. The lowest BCUT2D eigenvalue weighted by Crippen LogP contribution is -2.47. The summed E-state index contributed by atoms with van der Waals surface area (Å²) in [6.07, 6.45) is 3.09. The molecule has 0 aliphatic carbocycles. The predicted octanol–water partition coefficient (Wildman–Crippen LogP) is -0.683. The van der Waals surface area contributed by atoms with Crippen LogP contribution in [-0.4, -0.2) is 40.6 Å². The SMILES string of the molecule is CC(C)(C)N1C[C@]23C=C[C@H](O2)[C@H](C(=O)[O-])[C@@H]3C1=O. The molecule has 4 atom stereocenters. The normalized spacial score (nSPS) is 41.6. The molecule has 3 aliphatic rings. The van der Waals surface area contributed by atoms with Crippen molar-refractivity contribution < 1.29 is 19.4 Å². The Labute approximate surface area is 105 Å². The van der Waals surface area contributed by atoms with Crippen LogP contribution in [0.1, 0.15) is 20.8 Å². The molecule has 3 heterocycles. The zero-order valence-electron chi connectivity index (χ0n) is 10.7. The van der Waals surface area contributed by atoms with Crippen molar-refractivity contribution in [2.24, 2.45) is 11.8 Å². The van der Waals surface area contributed by atoms with Gasteiger partial charge in [0.25, 0.3) is 0 Å². The van der Waals surface area contributed by atoms with E-state index in [2.05, 4.69) is 0 Å². The maximum absolute atomic E-state index is 12.5. The molecule has 0 aromatic heterocycles. The maximum atomic E-state index is 12.5. The number of fused-ring (bicyclic) bond motifs is 1. The van der Waals surface area contributed by atoms with Gasteiger partial charge in [-0.2, -0.15) is 0 Å². The molecule has 2 fully saturated rings. The number of carbonyl (C=O) groups excluding carboxylic acids is 2. The van der Waals surface area contributed by atoms with Crippen molar-refractivity contribution in [1.29, 1.82) is 0 Å². The number of amides is 1. The summed E-state index contributed by atoms with van der Waals surface area (Å²) in [6, 6.07) is 0. The second-order valence-corrected chi connectivity index (χ2v) is 6.31. The van der Waals surface area contributed by atoms with Crippen LogP contribution in [0, 0.1) is 11.8 Å². The van der Waals surface area contributed by atoms with Gasteiger partial charge in [0, 0.05) is 17.4 Å². The van der Waals surface area contributed by atoms with Gasteiger partial charge in [-0.15, -0.1) is 0 Å². The van der Waals surface area contributed by atoms with Gasteiger partial charge in [0.15, 0.2) is 0 Å². The first kappa shape index (κ1) is 11.7. The van der Waals surface area contributed by atoms with E-state index in [0.29, 0.717) is 6.54 Å². The van der Waals surface area contributed by atoms with Crippen molar-refractivity contribution in [1.82, 2.24) is 4.90 Å². The van der Waals surface area contributed by atoms with Crippen molar-refractivity contribution in [2.75, 3.05) is 6.54 Å². The smallest absolute Gasteiger partial charge is 0.230 e. The highest BCUT2D eigenvalue weighted by atomic mass is 16.5. The van der Waals surface area contributed by atoms with Crippen molar-refractivity contribution in [2.45, 2.75) is 38.0 Å². The highest BCUT2D eigenvalue weighted by Crippen LogP contribution is 2.52. The Morgan fingerprint density at radius 2 is 2.22 bits per heavy atom. The summed E-state index contributed by atoms with van der Waals surface area (Å²) in [4.78, 5) is 25.4. The van der Waals surface area contributed by atoms with Gasteiger partial charge in [-0.25, -0.2) is 0 Å². The summed E-state index contributed by atoms with van der Waals surface area (Å²) < 4.78 is 5.76. The van der Waals surface area contributed by atoms with Crippen molar-refractivity contribution in [3.8, 4) is 0 Å². The fraction of sp³-hybridized carbons (Fsp3) is 0.692. The first-order valence-corrected chi connectivity index (χ1v) is 6.16. The van der Waals surface area contributed by atoms with E-state index in [4.69, 9.17) is 4.74 Å². The third kappa shape index (κ3) is 1.25. The number of likely N-dealkylation sites (tertiary alicyclic amines) is 1. The molecule has 1 spiro atoms. The largest absolute Gasteiger partial charge is 0.550 e. The van der Waals surface area contributed by atoms with Crippen LogP contribution in [0.4, 0.5) is 0 Å². The number of hydrogen-bond donors (Lipinski definition) is 0. The number of nitrogens with zero attached hydrogens (tertiary/aromatic N) is 1. The molecular weight excluding hydrogens is 234 g/mol. The summed E-state index contributed by atoms with van der Waals surface area (Å²) in [7, 11) is 0. The molecule has 0 radical (unpaired) electrons. The zero-order valence-corrected chi connectivity index (χ0v) is 10.7. The quantitative estimate of drug-likeness (QED) is 0.578. The minimum atomic E-state index is -1.19. The van der Waals surface area contributed by atoms with E-state index in [1.165, 1.54) is 0 Å². The highest BCUT2D eigenvalue weighted by Gasteiger charge is 2.66. The molecule has 1 amide bonds. The summed E-state index contributed by atoms with van der Waals surface area (Å²) >= 11 is 0. The standard InChI is InChI=1S/C13H17NO4/c1-12(2,3)14-6-13-5-4-7(18-13)8(11(16)17)9(13)10(14)15/h4-5,7-9H,6H2,1-3H3,(H,16,17)/p-1/t7-,8-,9+,13-/m0/s1. The zero-order chi connectivity index (χ0) is 13.3. The van der Waals surface area contributed by atoms with Crippen LogP contribution in [0.5, 0.6) is 0 Å². The van der Waals surface area contributed by atoms with Crippen molar-refractivity contribution >= 4 is 11.9 Å². The van der Waals surface area contributed by atoms with E-state index in [-0.39, 0.29) is 11.4 Å². The van der Waals surface area contributed by atoms with E-state index in [0.717, 1.165) is 0 Å². The summed E-state index contributed by atoms with van der Waals surface area (Å²) in [5.74, 6) is -2.81. The Hall–Kier alpha value is -1.36. The first-order valence-electron chi connectivity index (χ1n) is 6.16. The predicted molar refractivity (Wildman–Crippen MR) is 60.2 cm³/mol. The summed E-state index contributed by atoms with van der Waals surface area (Å²) in [5.41, 5.74) is -1.08. The highest BCUT2D eigenvalue weighted by molar-refractivity contribution is 5.90. The van der Waals surface area contributed by atoms with Crippen LogP contribution in [0.15, 0.2) is 12.2 Å². The lowest BCUT2D eigenvalue weighted by molar-refractivity contribution is -0.313. The van der Waals surface area contributed by atoms with Gasteiger partial charge in [-0.05, 0) is 20.8 Å². The molecule has 5 nitrogen and oxygen atoms in total. The van der Waals surface area contributed by atoms with Crippen LogP contribution in [0.25, 0.3) is 0 Å². The molecule has 0 aromatic carbocycles. The van der Waals surface area contributed by atoms with Gasteiger partial charge < -0.3 is 19.5 Å². The number of hydrogen-bond acceptors (Lipinski definition) is 4. The molecule has 0 aromatic rings. The Bertz CT molecular complexity index is 464. The average molecular weight is 250 g/mol. The Morgan fingerprint density at radius 1 is 1.56 bits per heavy atom. The molecule has 0 saturated carbocycles.